The number of nitrogens with one attached hydrogen (secondary N) is 1. The lowest BCUT2D eigenvalue weighted by Crippen LogP contribution is -2.23. The molecule has 0 aromatic heterocycles. The fourth-order valence-electron chi connectivity index (χ4n) is 2.77. The van der Waals surface area contributed by atoms with Gasteiger partial charge in [-0.15, -0.1) is 0 Å². The number of primary sulfonamides is 1. The van der Waals surface area contributed by atoms with Gasteiger partial charge in [0.15, 0.2) is 0 Å². The summed E-state index contributed by atoms with van der Waals surface area (Å²) in [6, 6.07) is 11.5. The van der Waals surface area contributed by atoms with E-state index >= 15 is 0 Å². The summed E-state index contributed by atoms with van der Waals surface area (Å²) in [6.45, 7) is 7.20. The van der Waals surface area contributed by atoms with E-state index in [2.05, 4.69) is 24.1 Å². The predicted molar refractivity (Wildman–Crippen MR) is 105 cm³/mol. The van der Waals surface area contributed by atoms with Gasteiger partial charge in [0.05, 0.1) is 10.6 Å². The molecule has 146 valence electrons. The highest BCUT2D eigenvalue weighted by Crippen LogP contribution is 2.26. The quantitative estimate of drug-likeness (QED) is 0.500. The van der Waals surface area contributed by atoms with E-state index in [1.165, 1.54) is 12.1 Å². The lowest BCUT2D eigenvalue weighted by atomic mass is 10.1. The molecular weight excluding hydrogens is 368 g/mol. The standard InChI is InChI=1S/C18H24N4O4S/c1-3-21(4-2)13-15-8-6-5-7-14(15)12-20-17-10-9-16(22(23)24)11-18(17)27(19,25)26/h5-11,20H,3-4,12-13H2,1-2H3,(H2,19,25,26). The largest absolute Gasteiger partial charge is 0.380 e. The summed E-state index contributed by atoms with van der Waals surface area (Å²) in [4.78, 5) is 12.2. The summed E-state index contributed by atoms with van der Waals surface area (Å²) in [7, 11) is -4.11. The minimum absolute atomic E-state index is 0.237. The van der Waals surface area contributed by atoms with Gasteiger partial charge in [0, 0.05) is 25.2 Å². The average Bonchev–Trinajstić information content (AvgIpc) is 2.64. The Morgan fingerprint density at radius 2 is 1.74 bits per heavy atom. The van der Waals surface area contributed by atoms with Crippen LogP contribution in [0, 0.1) is 10.1 Å². The van der Waals surface area contributed by atoms with E-state index in [4.69, 9.17) is 5.14 Å². The van der Waals surface area contributed by atoms with E-state index in [9.17, 15) is 18.5 Å². The number of rotatable bonds is 9. The van der Waals surface area contributed by atoms with Gasteiger partial charge in [-0.2, -0.15) is 0 Å². The van der Waals surface area contributed by atoms with Crippen LogP contribution in [0.2, 0.25) is 0 Å². The van der Waals surface area contributed by atoms with Crippen molar-refractivity contribution in [3.8, 4) is 0 Å². The maximum absolute atomic E-state index is 11.8. The maximum Gasteiger partial charge on any atom is 0.270 e. The molecule has 27 heavy (non-hydrogen) atoms. The minimum atomic E-state index is -4.11. The number of hydrogen-bond acceptors (Lipinski definition) is 6. The second-order valence-corrected chi connectivity index (χ2v) is 7.60. The van der Waals surface area contributed by atoms with Crippen molar-refractivity contribution in [1.82, 2.24) is 4.90 Å². The first-order valence-electron chi connectivity index (χ1n) is 8.60. The Bertz CT molecular complexity index is 911. The third-order valence-electron chi connectivity index (χ3n) is 4.36. The number of nitro benzene ring substituents is 1. The van der Waals surface area contributed by atoms with E-state index in [-0.39, 0.29) is 16.3 Å². The molecule has 8 nitrogen and oxygen atoms in total. The van der Waals surface area contributed by atoms with Crippen molar-refractivity contribution < 1.29 is 13.3 Å². The summed E-state index contributed by atoms with van der Waals surface area (Å²) in [5.41, 5.74) is 2.06. The molecule has 0 saturated carbocycles. The molecule has 0 fully saturated rings. The van der Waals surface area contributed by atoms with Crippen LogP contribution in [0.15, 0.2) is 47.4 Å². The molecule has 0 bridgehead atoms. The average molecular weight is 392 g/mol. The second kappa shape index (κ2) is 8.94. The van der Waals surface area contributed by atoms with Crippen molar-refractivity contribution >= 4 is 21.4 Å². The van der Waals surface area contributed by atoms with Gasteiger partial charge in [-0.05, 0) is 30.3 Å². The van der Waals surface area contributed by atoms with Crippen LogP contribution in [0.25, 0.3) is 0 Å². The Balaban J connectivity index is 2.28. The van der Waals surface area contributed by atoms with Crippen molar-refractivity contribution in [3.05, 3.63) is 63.7 Å². The summed E-state index contributed by atoms with van der Waals surface area (Å²) < 4.78 is 23.7. The van der Waals surface area contributed by atoms with Crippen LogP contribution in [0.3, 0.4) is 0 Å². The topological polar surface area (TPSA) is 119 Å². The lowest BCUT2D eigenvalue weighted by Gasteiger charge is -2.20. The molecule has 0 heterocycles. The molecule has 0 amide bonds. The van der Waals surface area contributed by atoms with Gasteiger partial charge in [-0.1, -0.05) is 38.1 Å². The second-order valence-electron chi connectivity index (χ2n) is 6.07. The van der Waals surface area contributed by atoms with E-state index in [1.807, 2.05) is 24.3 Å². The molecule has 0 saturated heterocycles. The summed E-state index contributed by atoms with van der Waals surface area (Å²) in [5.74, 6) is 0. The summed E-state index contributed by atoms with van der Waals surface area (Å²) in [5, 5.41) is 19.2. The fourth-order valence-corrected chi connectivity index (χ4v) is 3.50. The number of anilines is 1. The SMILES string of the molecule is CCN(CC)Cc1ccccc1CNc1ccc([N+](=O)[O-])cc1S(N)(=O)=O. The van der Waals surface area contributed by atoms with E-state index < -0.39 is 14.9 Å². The first-order chi connectivity index (χ1) is 12.8. The molecular formula is C18H24N4O4S. The van der Waals surface area contributed by atoms with Crippen LogP contribution in [-0.4, -0.2) is 31.3 Å². The normalized spacial score (nSPS) is 11.6. The number of sulfonamides is 1. The first kappa shape index (κ1) is 20.8. The highest BCUT2D eigenvalue weighted by molar-refractivity contribution is 7.89. The zero-order chi connectivity index (χ0) is 20.0. The third kappa shape index (κ3) is 5.49. The molecule has 3 N–H and O–H groups in total. The van der Waals surface area contributed by atoms with Gasteiger partial charge in [-0.25, -0.2) is 13.6 Å². The van der Waals surface area contributed by atoms with Crippen molar-refractivity contribution in [2.24, 2.45) is 5.14 Å². The molecule has 0 unspecified atom stereocenters. The maximum atomic E-state index is 11.8. The molecule has 9 heteroatoms. The van der Waals surface area contributed by atoms with Crippen LogP contribution in [-0.2, 0) is 23.1 Å². The van der Waals surface area contributed by atoms with Crippen LogP contribution in [0.5, 0.6) is 0 Å². The van der Waals surface area contributed by atoms with Crippen LogP contribution >= 0.6 is 0 Å². The molecule has 2 aromatic rings. The smallest absolute Gasteiger partial charge is 0.270 e. The highest BCUT2D eigenvalue weighted by Gasteiger charge is 2.19. The summed E-state index contributed by atoms with van der Waals surface area (Å²) >= 11 is 0. The van der Waals surface area contributed by atoms with Crippen LogP contribution in [0.4, 0.5) is 11.4 Å². The van der Waals surface area contributed by atoms with Gasteiger partial charge in [0.1, 0.15) is 4.90 Å². The zero-order valence-corrected chi connectivity index (χ0v) is 16.2. The Morgan fingerprint density at radius 1 is 1.11 bits per heavy atom. The van der Waals surface area contributed by atoms with Gasteiger partial charge in [0.2, 0.25) is 10.0 Å². The number of nitro groups is 1. The van der Waals surface area contributed by atoms with E-state index in [0.717, 1.165) is 36.8 Å². The number of nitrogens with two attached hydrogens (primary N) is 1. The lowest BCUT2D eigenvalue weighted by molar-refractivity contribution is -0.385. The van der Waals surface area contributed by atoms with Gasteiger partial charge >= 0.3 is 0 Å². The molecule has 2 rings (SSSR count). The molecule has 0 aliphatic carbocycles. The molecule has 2 aromatic carbocycles. The highest BCUT2D eigenvalue weighted by atomic mass is 32.2. The Kier molecular flexibility index (Phi) is 6.89. The van der Waals surface area contributed by atoms with Crippen LogP contribution in [0.1, 0.15) is 25.0 Å². The summed E-state index contributed by atoms with van der Waals surface area (Å²) in [6.07, 6.45) is 0. The van der Waals surface area contributed by atoms with Crippen molar-refractivity contribution in [1.29, 1.82) is 0 Å². The molecule has 0 aliphatic rings. The van der Waals surface area contributed by atoms with Crippen molar-refractivity contribution in [2.45, 2.75) is 31.8 Å². The van der Waals surface area contributed by atoms with E-state index in [1.54, 1.807) is 0 Å². The molecule has 0 radical (unpaired) electrons. The fraction of sp³-hybridized carbons (Fsp3) is 0.333. The Labute approximate surface area is 159 Å². The van der Waals surface area contributed by atoms with Crippen LogP contribution < -0.4 is 10.5 Å². The molecule has 0 spiro atoms. The zero-order valence-electron chi connectivity index (χ0n) is 15.4. The van der Waals surface area contributed by atoms with Gasteiger partial charge in [-0.3, -0.25) is 15.0 Å². The van der Waals surface area contributed by atoms with Gasteiger partial charge < -0.3 is 5.32 Å². The number of hydrogen-bond donors (Lipinski definition) is 2. The van der Waals surface area contributed by atoms with E-state index in [0.29, 0.717) is 6.54 Å². The van der Waals surface area contributed by atoms with Gasteiger partial charge in [0.25, 0.3) is 5.69 Å². The Morgan fingerprint density at radius 3 is 2.30 bits per heavy atom. The number of nitrogens with zero attached hydrogens (tertiary/aromatic N) is 2. The number of non-ortho nitro benzene ring substituents is 1. The predicted octanol–water partition coefficient (Wildman–Crippen LogP) is 2.70. The number of benzene rings is 2. The molecule has 0 atom stereocenters. The first-order valence-corrected chi connectivity index (χ1v) is 10.1. The van der Waals surface area contributed by atoms with Crippen molar-refractivity contribution in [3.63, 3.8) is 0 Å². The monoisotopic (exact) mass is 392 g/mol. The third-order valence-corrected chi connectivity index (χ3v) is 5.31. The minimum Gasteiger partial charge on any atom is -0.380 e. The Hall–Kier alpha value is -2.49. The molecule has 0 aliphatic heterocycles. The van der Waals surface area contributed by atoms with Crippen molar-refractivity contribution in [2.75, 3.05) is 18.4 Å².